The van der Waals surface area contributed by atoms with Crippen LogP contribution in [0.15, 0.2) is 0 Å². The van der Waals surface area contributed by atoms with Crippen molar-refractivity contribution in [2.45, 2.75) is 44.7 Å². The second kappa shape index (κ2) is 5.83. The molecule has 0 aromatic rings. The summed E-state index contributed by atoms with van der Waals surface area (Å²) in [5, 5.41) is 7.15. The molecule has 1 aliphatic carbocycles. The number of hydrogen-bond acceptors (Lipinski definition) is 3. The van der Waals surface area contributed by atoms with Crippen LogP contribution in [-0.4, -0.2) is 38.4 Å². The molecule has 3 nitrogen and oxygen atoms in total. The zero-order valence-electron chi connectivity index (χ0n) is 9.80. The molecule has 2 rings (SSSR count). The third-order valence-electron chi connectivity index (χ3n) is 3.62. The number of ether oxygens (including phenoxy) is 1. The van der Waals surface area contributed by atoms with E-state index >= 15 is 0 Å². The lowest BCUT2D eigenvalue weighted by molar-refractivity contribution is 0.0740. The Kier molecular flexibility index (Phi) is 4.42. The summed E-state index contributed by atoms with van der Waals surface area (Å²) in [6, 6.07) is 1.36. The highest BCUT2D eigenvalue weighted by Gasteiger charge is 2.21. The van der Waals surface area contributed by atoms with E-state index in [1.54, 1.807) is 0 Å². The van der Waals surface area contributed by atoms with E-state index in [2.05, 4.69) is 17.6 Å². The first-order valence-electron chi connectivity index (χ1n) is 6.39. The van der Waals surface area contributed by atoms with Crippen molar-refractivity contribution < 1.29 is 4.74 Å². The average Bonchev–Trinajstić information content (AvgIpc) is 2.66. The van der Waals surface area contributed by atoms with Gasteiger partial charge in [-0.2, -0.15) is 0 Å². The van der Waals surface area contributed by atoms with Crippen LogP contribution in [0.1, 0.15) is 32.6 Å². The van der Waals surface area contributed by atoms with Gasteiger partial charge in [0.15, 0.2) is 0 Å². The van der Waals surface area contributed by atoms with Gasteiger partial charge in [-0.3, -0.25) is 0 Å². The largest absolute Gasteiger partial charge is 0.379 e. The van der Waals surface area contributed by atoms with Crippen LogP contribution >= 0.6 is 0 Å². The maximum absolute atomic E-state index is 5.43. The quantitative estimate of drug-likeness (QED) is 0.733. The fourth-order valence-corrected chi connectivity index (χ4v) is 2.66. The minimum absolute atomic E-state index is 0.574. The molecular weight excluding hydrogens is 188 g/mol. The maximum Gasteiger partial charge on any atom is 0.0620 e. The molecule has 2 N–H and O–H groups in total. The van der Waals surface area contributed by atoms with Crippen molar-refractivity contribution in [3.63, 3.8) is 0 Å². The van der Waals surface area contributed by atoms with Gasteiger partial charge < -0.3 is 15.4 Å². The topological polar surface area (TPSA) is 33.3 Å². The normalized spacial score (nSPS) is 37.0. The van der Waals surface area contributed by atoms with Gasteiger partial charge in [-0.25, -0.2) is 0 Å². The van der Waals surface area contributed by atoms with Crippen LogP contribution < -0.4 is 10.6 Å². The Morgan fingerprint density at radius 3 is 3.00 bits per heavy atom. The van der Waals surface area contributed by atoms with Crippen molar-refractivity contribution in [2.75, 3.05) is 26.3 Å². The SMILES string of the molecule is CC1CCC(NCCC2COCCN2)C1. The average molecular weight is 212 g/mol. The van der Waals surface area contributed by atoms with Crippen LogP contribution in [-0.2, 0) is 4.74 Å². The van der Waals surface area contributed by atoms with Crippen molar-refractivity contribution in [3.8, 4) is 0 Å². The summed E-state index contributed by atoms with van der Waals surface area (Å²) in [6.07, 6.45) is 5.34. The number of hydrogen-bond donors (Lipinski definition) is 2. The molecule has 1 heterocycles. The Morgan fingerprint density at radius 1 is 1.40 bits per heavy atom. The van der Waals surface area contributed by atoms with E-state index in [0.29, 0.717) is 6.04 Å². The maximum atomic E-state index is 5.43. The molecule has 1 saturated heterocycles. The number of morpholine rings is 1. The zero-order chi connectivity index (χ0) is 10.5. The van der Waals surface area contributed by atoms with E-state index in [9.17, 15) is 0 Å². The first kappa shape index (κ1) is 11.4. The molecule has 15 heavy (non-hydrogen) atoms. The summed E-state index contributed by atoms with van der Waals surface area (Å²) in [5.74, 6) is 0.929. The van der Waals surface area contributed by atoms with E-state index in [4.69, 9.17) is 4.74 Å². The Labute approximate surface area is 93.0 Å². The van der Waals surface area contributed by atoms with Crippen LogP contribution in [0.4, 0.5) is 0 Å². The Balaban J connectivity index is 1.54. The third kappa shape index (κ3) is 3.74. The first-order valence-corrected chi connectivity index (χ1v) is 6.39. The number of rotatable bonds is 4. The smallest absolute Gasteiger partial charge is 0.0620 e. The highest BCUT2D eigenvalue weighted by Crippen LogP contribution is 2.24. The van der Waals surface area contributed by atoms with Crippen LogP contribution in [0.5, 0.6) is 0 Å². The summed E-state index contributed by atoms with van der Waals surface area (Å²) >= 11 is 0. The van der Waals surface area contributed by atoms with Gasteiger partial charge in [0.05, 0.1) is 13.2 Å². The molecule has 88 valence electrons. The number of nitrogens with one attached hydrogen (secondary N) is 2. The van der Waals surface area contributed by atoms with Gasteiger partial charge in [-0.05, 0) is 38.1 Å². The molecule has 0 aromatic carbocycles. The van der Waals surface area contributed by atoms with Crippen LogP contribution in [0.25, 0.3) is 0 Å². The summed E-state index contributed by atoms with van der Waals surface area (Å²) in [7, 11) is 0. The van der Waals surface area contributed by atoms with Gasteiger partial charge >= 0.3 is 0 Å². The van der Waals surface area contributed by atoms with E-state index < -0.39 is 0 Å². The summed E-state index contributed by atoms with van der Waals surface area (Å²) in [5.41, 5.74) is 0. The van der Waals surface area contributed by atoms with Gasteiger partial charge in [0.1, 0.15) is 0 Å². The molecule has 3 heteroatoms. The van der Waals surface area contributed by atoms with Crippen molar-refractivity contribution in [1.82, 2.24) is 10.6 Å². The van der Waals surface area contributed by atoms with Gasteiger partial charge in [-0.1, -0.05) is 6.92 Å². The zero-order valence-corrected chi connectivity index (χ0v) is 9.80. The Morgan fingerprint density at radius 2 is 2.33 bits per heavy atom. The molecule has 0 radical (unpaired) electrons. The summed E-state index contributed by atoms with van der Waals surface area (Å²) < 4.78 is 5.43. The molecule has 0 spiro atoms. The fourth-order valence-electron chi connectivity index (χ4n) is 2.66. The van der Waals surface area contributed by atoms with Gasteiger partial charge in [0.25, 0.3) is 0 Å². The van der Waals surface area contributed by atoms with E-state index in [1.165, 1.54) is 25.7 Å². The van der Waals surface area contributed by atoms with Crippen molar-refractivity contribution in [3.05, 3.63) is 0 Å². The molecule has 0 bridgehead atoms. The monoisotopic (exact) mass is 212 g/mol. The van der Waals surface area contributed by atoms with Crippen molar-refractivity contribution in [2.24, 2.45) is 5.92 Å². The fraction of sp³-hybridized carbons (Fsp3) is 1.00. The predicted octanol–water partition coefficient (Wildman–Crippen LogP) is 1.14. The molecule has 3 unspecified atom stereocenters. The van der Waals surface area contributed by atoms with Gasteiger partial charge in [0, 0.05) is 18.6 Å². The van der Waals surface area contributed by atoms with E-state index in [-0.39, 0.29) is 0 Å². The molecule has 0 amide bonds. The summed E-state index contributed by atoms with van der Waals surface area (Å²) in [4.78, 5) is 0. The third-order valence-corrected chi connectivity index (χ3v) is 3.62. The summed E-state index contributed by atoms with van der Waals surface area (Å²) in [6.45, 7) is 6.29. The Hall–Kier alpha value is -0.120. The van der Waals surface area contributed by atoms with Crippen molar-refractivity contribution in [1.29, 1.82) is 0 Å². The van der Waals surface area contributed by atoms with Crippen LogP contribution in [0, 0.1) is 5.92 Å². The second-order valence-corrected chi connectivity index (χ2v) is 5.08. The predicted molar refractivity (Wildman–Crippen MR) is 62.0 cm³/mol. The standard InChI is InChI=1S/C12H24N2O/c1-10-2-3-11(8-10)13-5-4-12-9-15-7-6-14-12/h10-14H,2-9H2,1H3. The first-order chi connectivity index (χ1) is 7.34. The van der Waals surface area contributed by atoms with E-state index in [1.807, 2.05) is 0 Å². The lowest BCUT2D eigenvalue weighted by Gasteiger charge is -2.24. The molecule has 2 aliphatic rings. The molecule has 3 atom stereocenters. The Bertz CT molecular complexity index is 176. The molecule has 1 saturated carbocycles. The lowest BCUT2D eigenvalue weighted by Crippen LogP contribution is -2.43. The van der Waals surface area contributed by atoms with Crippen LogP contribution in [0.3, 0.4) is 0 Å². The van der Waals surface area contributed by atoms with Crippen molar-refractivity contribution >= 4 is 0 Å². The molecular formula is C12H24N2O. The van der Waals surface area contributed by atoms with Crippen LogP contribution in [0.2, 0.25) is 0 Å². The highest BCUT2D eigenvalue weighted by molar-refractivity contribution is 4.79. The van der Waals surface area contributed by atoms with E-state index in [0.717, 1.165) is 38.3 Å². The minimum atomic E-state index is 0.574. The minimum Gasteiger partial charge on any atom is -0.379 e. The highest BCUT2D eigenvalue weighted by atomic mass is 16.5. The molecule has 1 aliphatic heterocycles. The van der Waals surface area contributed by atoms with Gasteiger partial charge in [-0.15, -0.1) is 0 Å². The lowest BCUT2D eigenvalue weighted by atomic mass is 10.1. The molecule has 0 aromatic heterocycles. The van der Waals surface area contributed by atoms with Gasteiger partial charge in [0.2, 0.25) is 0 Å². The molecule has 2 fully saturated rings. The second-order valence-electron chi connectivity index (χ2n) is 5.08.